The van der Waals surface area contributed by atoms with Gasteiger partial charge in [-0.15, -0.1) is 0 Å². The maximum absolute atomic E-state index is 12.0. The third kappa shape index (κ3) is 5.00. The molecule has 0 saturated carbocycles. The van der Waals surface area contributed by atoms with Gasteiger partial charge in [-0.2, -0.15) is 5.10 Å². The molecule has 0 aliphatic carbocycles. The number of benzene rings is 2. The molecular formula is C19H17Cl2N3O2. The number of carbonyl (C=O) groups is 1. The number of hydrogen-bond donors (Lipinski definition) is 1. The Morgan fingerprint density at radius 2 is 1.96 bits per heavy atom. The van der Waals surface area contributed by atoms with Crippen molar-refractivity contribution in [3.8, 4) is 11.4 Å². The van der Waals surface area contributed by atoms with Crippen molar-refractivity contribution < 1.29 is 9.53 Å². The summed E-state index contributed by atoms with van der Waals surface area (Å²) < 4.78 is 7.28. The lowest BCUT2D eigenvalue weighted by atomic mass is 10.3. The highest BCUT2D eigenvalue weighted by atomic mass is 35.5. The molecule has 1 N–H and O–H groups in total. The van der Waals surface area contributed by atoms with E-state index in [0.717, 1.165) is 11.3 Å². The molecule has 0 spiro atoms. The molecule has 1 amide bonds. The summed E-state index contributed by atoms with van der Waals surface area (Å²) in [6, 6.07) is 14.7. The van der Waals surface area contributed by atoms with Gasteiger partial charge in [-0.25, -0.2) is 4.68 Å². The van der Waals surface area contributed by atoms with Gasteiger partial charge in [0.25, 0.3) is 0 Å². The fourth-order valence-corrected chi connectivity index (χ4v) is 2.64. The molecule has 0 atom stereocenters. The average molecular weight is 390 g/mol. The van der Waals surface area contributed by atoms with Crippen LogP contribution in [0.1, 0.15) is 12.0 Å². The number of halogens is 2. The van der Waals surface area contributed by atoms with Crippen molar-refractivity contribution in [2.45, 2.75) is 13.0 Å². The Morgan fingerprint density at radius 3 is 2.77 bits per heavy atom. The third-order valence-electron chi connectivity index (χ3n) is 3.63. The van der Waals surface area contributed by atoms with Gasteiger partial charge in [0, 0.05) is 29.4 Å². The summed E-state index contributed by atoms with van der Waals surface area (Å²) in [6.45, 7) is 0.624. The fraction of sp³-hybridized carbons (Fsp3) is 0.158. The van der Waals surface area contributed by atoms with Gasteiger partial charge in [-0.1, -0.05) is 41.4 Å². The van der Waals surface area contributed by atoms with Crippen molar-refractivity contribution in [3.63, 3.8) is 0 Å². The van der Waals surface area contributed by atoms with E-state index in [1.807, 2.05) is 36.5 Å². The van der Waals surface area contributed by atoms with Crippen LogP contribution in [-0.2, 0) is 11.3 Å². The highest BCUT2D eigenvalue weighted by Crippen LogP contribution is 2.27. The lowest BCUT2D eigenvalue weighted by Crippen LogP contribution is -2.24. The van der Waals surface area contributed by atoms with Crippen LogP contribution < -0.4 is 10.1 Å². The molecule has 0 saturated heterocycles. The summed E-state index contributed by atoms with van der Waals surface area (Å²) in [5, 5.41) is 8.14. The van der Waals surface area contributed by atoms with Gasteiger partial charge in [0.2, 0.25) is 5.91 Å². The summed E-state index contributed by atoms with van der Waals surface area (Å²) >= 11 is 11.9. The van der Waals surface area contributed by atoms with E-state index in [9.17, 15) is 4.79 Å². The van der Waals surface area contributed by atoms with Crippen LogP contribution in [0.15, 0.2) is 60.9 Å². The second-order valence-corrected chi connectivity index (χ2v) is 6.42. The summed E-state index contributed by atoms with van der Waals surface area (Å²) in [7, 11) is 0. The first-order valence-electron chi connectivity index (χ1n) is 8.05. The Hall–Kier alpha value is -2.50. The molecule has 1 aromatic heterocycles. The Kier molecular flexibility index (Phi) is 6.15. The van der Waals surface area contributed by atoms with E-state index < -0.39 is 0 Å². The summed E-state index contributed by atoms with van der Waals surface area (Å²) in [4.78, 5) is 12.0. The van der Waals surface area contributed by atoms with Crippen molar-refractivity contribution in [3.05, 3.63) is 76.5 Å². The number of amides is 1. The van der Waals surface area contributed by atoms with Gasteiger partial charge >= 0.3 is 0 Å². The van der Waals surface area contributed by atoms with Gasteiger partial charge in [0.1, 0.15) is 5.75 Å². The fourth-order valence-electron chi connectivity index (χ4n) is 2.30. The SMILES string of the molecule is O=C(CCOc1cc(Cl)ccc1Cl)NCc1cnn(-c2ccccc2)c1. The number of hydrogen-bond acceptors (Lipinski definition) is 3. The molecule has 7 heteroatoms. The molecule has 2 aromatic carbocycles. The van der Waals surface area contributed by atoms with Crippen molar-refractivity contribution in [1.29, 1.82) is 0 Å². The lowest BCUT2D eigenvalue weighted by Gasteiger charge is -2.08. The molecule has 0 unspecified atom stereocenters. The minimum absolute atomic E-state index is 0.115. The van der Waals surface area contributed by atoms with Crippen LogP contribution in [0.25, 0.3) is 5.69 Å². The maximum atomic E-state index is 12.0. The quantitative estimate of drug-likeness (QED) is 0.656. The van der Waals surface area contributed by atoms with Gasteiger partial charge in [0.05, 0.1) is 29.9 Å². The molecule has 3 rings (SSSR count). The average Bonchev–Trinajstić information content (AvgIpc) is 3.13. The van der Waals surface area contributed by atoms with Crippen LogP contribution in [0.5, 0.6) is 5.75 Å². The van der Waals surface area contributed by atoms with Crippen LogP contribution in [0, 0.1) is 0 Å². The van der Waals surface area contributed by atoms with E-state index in [4.69, 9.17) is 27.9 Å². The number of ether oxygens (including phenoxy) is 1. The first-order chi connectivity index (χ1) is 12.6. The number of nitrogens with one attached hydrogen (secondary N) is 1. The zero-order valence-electron chi connectivity index (χ0n) is 13.9. The molecule has 0 radical (unpaired) electrons. The largest absolute Gasteiger partial charge is 0.491 e. The molecule has 26 heavy (non-hydrogen) atoms. The minimum atomic E-state index is -0.115. The van der Waals surface area contributed by atoms with Crippen LogP contribution in [0.3, 0.4) is 0 Å². The molecule has 3 aromatic rings. The van der Waals surface area contributed by atoms with Crippen LogP contribution in [0.2, 0.25) is 10.0 Å². The van der Waals surface area contributed by atoms with Gasteiger partial charge in [0.15, 0.2) is 0 Å². The molecule has 5 nitrogen and oxygen atoms in total. The molecule has 0 bridgehead atoms. The van der Waals surface area contributed by atoms with Gasteiger partial charge in [-0.05, 0) is 24.3 Å². The Labute approximate surface area is 161 Å². The standard InChI is InChI=1S/C19H17Cl2N3O2/c20-15-6-7-17(21)18(10-15)26-9-8-19(25)22-11-14-12-23-24(13-14)16-4-2-1-3-5-16/h1-7,10,12-13H,8-9,11H2,(H,22,25). The normalized spacial score (nSPS) is 10.5. The van der Waals surface area contributed by atoms with E-state index in [2.05, 4.69) is 10.4 Å². The predicted octanol–water partition coefficient (Wildman–Crippen LogP) is 4.26. The predicted molar refractivity (Wildman–Crippen MR) is 102 cm³/mol. The highest BCUT2D eigenvalue weighted by Gasteiger charge is 2.07. The molecule has 0 aliphatic rings. The number of para-hydroxylation sites is 1. The second-order valence-electron chi connectivity index (χ2n) is 5.58. The number of rotatable bonds is 7. The number of carbonyl (C=O) groups excluding carboxylic acids is 1. The van der Waals surface area contributed by atoms with E-state index in [-0.39, 0.29) is 18.9 Å². The van der Waals surface area contributed by atoms with E-state index in [1.54, 1.807) is 29.1 Å². The molecule has 1 heterocycles. The van der Waals surface area contributed by atoms with Gasteiger partial charge < -0.3 is 10.1 Å². The Balaban J connectivity index is 1.44. The van der Waals surface area contributed by atoms with E-state index in [1.165, 1.54) is 0 Å². The number of aromatic nitrogens is 2. The number of nitrogens with zero attached hydrogens (tertiary/aromatic N) is 2. The lowest BCUT2D eigenvalue weighted by molar-refractivity contribution is -0.121. The topological polar surface area (TPSA) is 56.1 Å². The monoisotopic (exact) mass is 389 g/mol. The zero-order chi connectivity index (χ0) is 18.4. The smallest absolute Gasteiger partial charge is 0.223 e. The Morgan fingerprint density at radius 1 is 1.15 bits per heavy atom. The Bertz CT molecular complexity index is 882. The first-order valence-corrected chi connectivity index (χ1v) is 8.81. The zero-order valence-corrected chi connectivity index (χ0v) is 15.4. The molecule has 134 valence electrons. The summed E-state index contributed by atoms with van der Waals surface area (Å²) in [5.74, 6) is 0.353. The van der Waals surface area contributed by atoms with Crippen LogP contribution >= 0.6 is 23.2 Å². The maximum Gasteiger partial charge on any atom is 0.223 e. The van der Waals surface area contributed by atoms with Crippen molar-refractivity contribution >= 4 is 29.1 Å². The van der Waals surface area contributed by atoms with Crippen molar-refractivity contribution in [2.75, 3.05) is 6.61 Å². The van der Waals surface area contributed by atoms with Gasteiger partial charge in [-0.3, -0.25) is 4.79 Å². The molecule has 0 fully saturated rings. The highest BCUT2D eigenvalue weighted by molar-refractivity contribution is 6.34. The third-order valence-corrected chi connectivity index (χ3v) is 4.17. The molecule has 0 aliphatic heterocycles. The minimum Gasteiger partial charge on any atom is -0.491 e. The second kappa shape index (κ2) is 8.74. The van der Waals surface area contributed by atoms with E-state index in [0.29, 0.717) is 22.3 Å². The van der Waals surface area contributed by atoms with Crippen LogP contribution in [-0.4, -0.2) is 22.3 Å². The van der Waals surface area contributed by atoms with E-state index >= 15 is 0 Å². The molecular weight excluding hydrogens is 373 g/mol. The van der Waals surface area contributed by atoms with Crippen LogP contribution in [0.4, 0.5) is 0 Å². The first kappa shape index (κ1) is 18.3. The van der Waals surface area contributed by atoms with Crippen molar-refractivity contribution in [2.24, 2.45) is 0 Å². The summed E-state index contributed by atoms with van der Waals surface area (Å²) in [5.41, 5.74) is 1.89. The van der Waals surface area contributed by atoms with Crippen molar-refractivity contribution in [1.82, 2.24) is 15.1 Å². The summed E-state index contributed by atoms with van der Waals surface area (Å²) in [6.07, 6.45) is 3.84.